The Kier molecular flexibility index (Phi) is 3.64. The van der Waals surface area contributed by atoms with Gasteiger partial charge in [0.2, 0.25) is 0 Å². The topological polar surface area (TPSA) is 24.9 Å². The predicted octanol–water partition coefficient (Wildman–Crippen LogP) is 3.76. The standard InChI is InChI=1S/C14H15ClN2S/c15-11-4-1-3-10(7-11)13-9-18-14(17-13)8-12-5-2-6-16-12/h1,3-4,7,9,12,16H,2,5-6,8H2. The largest absolute Gasteiger partial charge is 0.314 e. The number of rotatable bonds is 3. The van der Waals surface area contributed by atoms with E-state index in [1.165, 1.54) is 17.8 Å². The lowest BCUT2D eigenvalue weighted by atomic mass is 10.1. The summed E-state index contributed by atoms with van der Waals surface area (Å²) in [4.78, 5) is 4.70. The summed E-state index contributed by atoms with van der Waals surface area (Å²) in [6, 6.07) is 8.49. The number of halogens is 1. The molecule has 2 aromatic rings. The van der Waals surface area contributed by atoms with Gasteiger partial charge in [-0.3, -0.25) is 0 Å². The van der Waals surface area contributed by atoms with Gasteiger partial charge in [-0.25, -0.2) is 4.98 Å². The Balaban J connectivity index is 1.76. The molecule has 0 amide bonds. The van der Waals surface area contributed by atoms with E-state index in [-0.39, 0.29) is 0 Å². The van der Waals surface area contributed by atoms with Crippen LogP contribution in [0.4, 0.5) is 0 Å². The van der Waals surface area contributed by atoms with Crippen molar-refractivity contribution in [3.8, 4) is 11.3 Å². The van der Waals surface area contributed by atoms with Crippen LogP contribution in [0.5, 0.6) is 0 Å². The molecule has 1 N–H and O–H groups in total. The van der Waals surface area contributed by atoms with Crippen LogP contribution in [-0.4, -0.2) is 17.6 Å². The van der Waals surface area contributed by atoms with Crippen LogP contribution in [0.1, 0.15) is 17.8 Å². The van der Waals surface area contributed by atoms with E-state index in [4.69, 9.17) is 16.6 Å². The number of benzene rings is 1. The van der Waals surface area contributed by atoms with Gasteiger partial charge in [0.25, 0.3) is 0 Å². The number of aromatic nitrogens is 1. The second-order valence-corrected chi connectivity index (χ2v) is 6.01. The number of hydrogen-bond donors (Lipinski definition) is 1. The summed E-state index contributed by atoms with van der Waals surface area (Å²) in [7, 11) is 0. The van der Waals surface area contributed by atoms with Gasteiger partial charge in [0, 0.05) is 28.4 Å². The third kappa shape index (κ3) is 2.74. The monoisotopic (exact) mass is 278 g/mol. The molecule has 1 aliphatic rings. The first-order valence-corrected chi connectivity index (χ1v) is 7.51. The molecular formula is C14H15ClN2S. The molecule has 3 rings (SSSR count). The number of thiazole rings is 1. The molecule has 1 aromatic heterocycles. The molecule has 1 atom stereocenters. The summed E-state index contributed by atoms with van der Waals surface area (Å²) in [5.74, 6) is 0. The highest BCUT2D eigenvalue weighted by atomic mass is 35.5. The fourth-order valence-electron chi connectivity index (χ4n) is 2.33. The van der Waals surface area contributed by atoms with Crippen LogP contribution >= 0.6 is 22.9 Å². The smallest absolute Gasteiger partial charge is 0.0948 e. The molecule has 1 saturated heterocycles. The van der Waals surface area contributed by atoms with Crippen molar-refractivity contribution in [2.24, 2.45) is 0 Å². The van der Waals surface area contributed by atoms with Crippen LogP contribution in [0.3, 0.4) is 0 Å². The SMILES string of the molecule is Clc1cccc(-c2csc(CC3CCCN3)n2)c1. The zero-order chi connectivity index (χ0) is 12.4. The Morgan fingerprint density at radius 2 is 2.39 bits per heavy atom. The van der Waals surface area contributed by atoms with Gasteiger partial charge in [0.15, 0.2) is 0 Å². The van der Waals surface area contributed by atoms with Gasteiger partial charge in [0.1, 0.15) is 0 Å². The molecule has 1 fully saturated rings. The van der Waals surface area contributed by atoms with Gasteiger partial charge in [-0.2, -0.15) is 0 Å². The Morgan fingerprint density at radius 1 is 1.44 bits per heavy atom. The van der Waals surface area contributed by atoms with Crippen LogP contribution in [0.15, 0.2) is 29.6 Å². The number of nitrogens with one attached hydrogen (secondary N) is 1. The molecule has 4 heteroatoms. The molecule has 2 heterocycles. The summed E-state index contributed by atoms with van der Waals surface area (Å²) < 4.78 is 0. The summed E-state index contributed by atoms with van der Waals surface area (Å²) in [6.07, 6.45) is 3.61. The molecule has 94 valence electrons. The first-order valence-electron chi connectivity index (χ1n) is 6.25. The Labute approximate surface area is 116 Å². The maximum absolute atomic E-state index is 6.00. The van der Waals surface area contributed by atoms with Crippen molar-refractivity contribution in [1.82, 2.24) is 10.3 Å². The first kappa shape index (κ1) is 12.2. The van der Waals surface area contributed by atoms with Gasteiger partial charge in [-0.15, -0.1) is 11.3 Å². The lowest BCUT2D eigenvalue weighted by Crippen LogP contribution is -2.23. The van der Waals surface area contributed by atoms with Crippen LogP contribution < -0.4 is 5.32 Å². The molecule has 0 bridgehead atoms. The van der Waals surface area contributed by atoms with Gasteiger partial charge >= 0.3 is 0 Å². The maximum atomic E-state index is 6.00. The first-order chi connectivity index (χ1) is 8.81. The highest BCUT2D eigenvalue weighted by Gasteiger charge is 2.16. The molecule has 0 spiro atoms. The van der Waals surface area contributed by atoms with E-state index in [1.807, 2.05) is 18.2 Å². The second kappa shape index (κ2) is 5.39. The second-order valence-electron chi connectivity index (χ2n) is 4.63. The summed E-state index contributed by atoms with van der Waals surface area (Å²) >= 11 is 7.75. The van der Waals surface area contributed by atoms with E-state index in [1.54, 1.807) is 11.3 Å². The normalized spacial score (nSPS) is 19.3. The Hall–Kier alpha value is -0.900. The van der Waals surface area contributed by atoms with E-state index in [2.05, 4.69) is 16.8 Å². The molecule has 18 heavy (non-hydrogen) atoms. The zero-order valence-electron chi connectivity index (χ0n) is 10.0. The minimum atomic E-state index is 0.614. The van der Waals surface area contributed by atoms with E-state index in [0.29, 0.717) is 6.04 Å². The van der Waals surface area contributed by atoms with E-state index >= 15 is 0 Å². The average molecular weight is 279 g/mol. The Bertz CT molecular complexity index is 532. The Morgan fingerprint density at radius 3 is 3.17 bits per heavy atom. The molecule has 0 aliphatic carbocycles. The number of nitrogens with zero attached hydrogens (tertiary/aromatic N) is 1. The highest BCUT2D eigenvalue weighted by Crippen LogP contribution is 2.25. The summed E-state index contributed by atoms with van der Waals surface area (Å²) in [5.41, 5.74) is 2.14. The lowest BCUT2D eigenvalue weighted by Gasteiger charge is -2.06. The molecule has 0 saturated carbocycles. The quantitative estimate of drug-likeness (QED) is 0.925. The van der Waals surface area contributed by atoms with Crippen LogP contribution in [0, 0.1) is 0 Å². The molecule has 1 unspecified atom stereocenters. The molecule has 2 nitrogen and oxygen atoms in total. The van der Waals surface area contributed by atoms with Crippen LogP contribution in [-0.2, 0) is 6.42 Å². The van der Waals surface area contributed by atoms with Crippen LogP contribution in [0.25, 0.3) is 11.3 Å². The van der Waals surface area contributed by atoms with E-state index < -0.39 is 0 Å². The van der Waals surface area contributed by atoms with Gasteiger partial charge in [-0.05, 0) is 31.5 Å². The molecule has 0 radical (unpaired) electrons. The van der Waals surface area contributed by atoms with Crippen molar-refractivity contribution in [2.45, 2.75) is 25.3 Å². The molecule has 1 aromatic carbocycles. The van der Waals surface area contributed by atoms with Gasteiger partial charge < -0.3 is 5.32 Å². The zero-order valence-corrected chi connectivity index (χ0v) is 11.6. The van der Waals surface area contributed by atoms with Crippen molar-refractivity contribution in [1.29, 1.82) is 0 Å². The molecular weight excluding hydrogens is 264 g/mol. The molecule has 1 aliphatic heterocycles. The van der Waals surface area contributed by atoms with Crippen molar-refractivity contribution in [2.75, 3.05) is 6.54 Å². The third-order valence-corrected chi connectivity index (χ3v) is 4.36. The predicted molar refractivity (Wildman–Crippen MR) is 77.3 cm³/mol. The average Bonchev–Trinajstić information content (AvgIpc) is 3.01. The minimum Gasteiger partial charge on any atom is -0.314 e. The number of hydrogen-bond acceptors (Lipinski definition) is 3. The summed E-state index contributed by atoms with van der Waals surface area (Å²) in [5, 5.41) is 7.61. The van der Waals surface area contributed by atoms with E-state index in [0.717, 1.165) is 29.2 Å². The van der Waals surface area contributed by atoms with E-state index in [9.17, 15) is 0 Å². The maximum Gasteiger partial charge on any atom is 0.0948 e. The fourth-order valence-corrected chi connectivity index (χ4v) is 3.40. The highest BCUT2D eigenvalue weighted by molar-refractivity contribution is 7.09. The summed E-state index contributed by atoms with van der Waals surface area (Å²) in [6.45, 7) is 1.15. The van der Waals surface area contributed by atoms with Crippen molar-refractivity contribution >= 4 is 22.9 Å². The van der Waals surface area contributed by atoms with Crippen molar-refractivity contribution in [3.05, 3.63) is 39.7 Å². The van der Waals surface area contributed by atoms with Gasteiger partial charge in [-0.1, -0.05) is 23.7 Å². The van der Waals surface area contributed by atoms with Gasteiger partial charge in [0.05, 0.1) is 10.7 Å². The lowest BCUT2D eigenvalue weighted by molar-refractivity contribution is 0.601. The fraction of sp³-hybridized carbons (Fsp3) is 0.357. The van der Waals surface area contributed by atoms with Crippen molar-refractivity contribution < 1.29 is 0 Å². The van der Waals surface area contributed by atoms with Crippen molar-refractivity contribution in [3.63, 3.8) is 0 Å². The third-order valence-electron chi connectivity index (χ3n) is 3.26. The minimum absolute atomic E-state index is 0.614. The van der Waals surface area contributed by atoms with Crippen LogP contribution in [0.2, 0.25) is 5.02 Å².